The number of fused-ring (bicyclic) bond motifs is 1. The molecule has 0 bridgehead atoms. The SMILES string of the molecule is CC(C#N)NCc1ccc2c(c1)OCCO2. The van der Waals surface area contributed by atoms with Gasteiger partial charge in [-0.2, -0.15) is 5.26 Å². The maximum atomic E-state index is 8.65. The van der Waals surface area contributed by atoms with Gasteiger partial charge in [0.2, 0.25) is 0 Å². The molecule has 1 heterocycles. The molecule has 1 atom stereocenters. The van der Waals surface area contributed by atoms with Crippen LogP contribution in [0.3, 0.4) is 0 Å². The Bertz CT molecular complexity index is 412. The highest BCUT2D eigenvalue weighted by Gasteiger charge is 2.11. The van der Waals surface area contributed by atoms with Crippen molar-refractivity contribution in [1.29, 1.82) is 5.26 Å². The molecule has 16 heavy (non-hydrogen) atoms. The van der Waals surface area contributed by atoms with Gasteiger partial charge in [-0.15, -0.1) is 0 Å². The molecule has 0 aliphatic carbocycles. The Hall–Kier alpha value is -1.73. The topological polar surface area (TPSA) is 54.3 Å². The second-order valence-corrected chi connectivity index (χ2v) is 3.71. The zero-order chi connectivity index (χ0) is 11.4. The summed E-state index contributed by atoms with van der Waals surface area (Å²) in [7, 11) is 0. The van der Waals surface area contributed by atoms with Crippen molar-refractivity contribution >= 4 is 0 Å². The highest BCUT2D eigenvalue weighted by Crippen LogP contribution is 2.30. The summed E-state index contributed by atoms with van der Waals surface area (Å²) in [6.07, 6.45) is 0. The Kier molecular flexibility index (Phi) is 3.28. The van der Waals surface area contributed by atoms with E-state index in [4.69, 9.17) is 14.7 Å². The van der Waals surface area contributed by atoms with E-state index in [0.717, 1.165) is 17.1 Å². The fourth-order valence-corrected chi connectivity index (χ4v) is 1.51. The maximum Gasteiger partial charge on any atom is 0.161 e. The van der Waals surface area contributed by atoms with Gasteiger partial charge in [-0.25, -0.2) is 0 Å². The summed E-state index contributed by atoms with van der Waals surface area (Å²) < 4.78 is 10.9. The van der Waals surface area contributed by atoms with Crippen LogP contribution in [-0.4, -0.2) is 19.3 Å². The highest BCUT2D eigenvalue weighted by molar-refractivity contribution is 5.43. The van der Waals surface area contributed by atoms with Crippen LogP contribution in [0.2, 0.25) is 0 Å². The zero-order valence-electron chi connectivity index (χ0n) is 9.19. The normalized spacial score (nSPS) is 15.2. The summed E-state index contributed by atoms with van der Waals surface area (Å²) in [4.78, 5) is 0. The average molecular weight is 218 g/mol. The van der Waals surface area contributed by atoms with E-state index in [-0.39, 0.29) is 6.04 Å². The quantitative estimate of drug-likeness (QED) is 0.834. The molecule has 0 radical (unpaired) electrons. The van der Waals surface area contributed by atoms with Gasteiger partial charge in [0.25, 0.3) is 0 Å². The lowest BCUT2D eigenvalue weighted by atomic mass is 10.2. The summed E-state index contributed by atoms with van der Waals surface area (Å²) >= 11 is 0. The van der Waals surface area contributed by atoms with E-state index in [1.165, 1.54) is 0 Å². The first-order valence-corrected chi connectivity index (χ1v) is 5.31. The highest BCUT2D eigenvalue weighted by atomic mass is 16.6. The third-order valence-corrected chi connectivity index (χ3v) is 2.41. The summed E-state index contributed by atoms with van der Waals surface area (Å²) in [5.74, 6) is 1.58. The van der Waals surface area contributed by atoms with Crippen molar-refractivity contribution in [3.05, 3.63) is 23.8 Å². The van der Waals surface area contributed by atoms with E-state index in [0.29, 0.717) is 19.8 Å². The molecule has 0 amide bonds. The minimum atomic E-state index is -0.145. The Morgan fingerprint density at radius 1 is 1.38 bits per heavy atom. The maximum absolute atomic E-state index is 8.65. The van der Waals surface area contributed by atoms with Crippen molar-refractivity contribution in [2.45, 2.75) is 19.5 Å². The van der Waals surface area contributed by atoms with Crippen LogP contribution in [-0.2, 0) is 6.54 Å². The van der Waals surface area contributed by atoms with Crippen molar-refractivity contribution in [3.63, 3.8) is 0 Å². The number of benzene rings is 1. The van der Waals surface area contributed by atoms with Gasteiger partial charge in [0.1, 0.15) is 13.2 Å². The Balaban J connectivity index is 2.03. The fraction of sp³-hybridized carbons (Fsp3) is 0.417. The molecule has 1 aliphatic heterocycles. The van der Waals surface area contributed by atoms with E-state index in [9.17, 15) is 0 Å². The lowest BCUT2D eigenvalue weighted by molar-refractivity contribution is 0.171. The molecule has 1 aliphatic rings. The molecule has 1 aromatic carbocycles. The molecule has 1 aromatic rings. The van der Waals surface area contributed by atoms with Crippen LogP contribution in [0.15, 0.2) is 18.2 Å². The smallest absolute Gasteiger partial charge is 0.161 e. The molecule has 84 valence electrons. The minimum absolute atomic E-state index is 0.145. The second-order valence-electron chi connectivity index (χ2n) is 3.71. The van der Waals surface area contributed by atoms with Gasteiger partial charge in [-0.1, -0.05) is 6.07 Å². The second kappa shape index (κ2) is 4.86. The molecule has 0 saturated carbocycles. The Labute approximate surface area is 94.8 Å². The number of nitrogens with one attached hydrogen (secondary N) is 1. The van der Waals surface area contributed by atoms with Gasteiger partial charge in [-0.3, -0.25) is 5.32 Å². The predicted molar refractivity (Wildman–Crippen MR) is 59.3 cm³/mol. The monoisotopic (exact) mass is 218 g/mol. The van der Waals surface area contributed by atoms with Crippen LogP contribution < -0.4 is 14.8 Å². The van der Waals surface area contributed by atoms with Crippen molar-refractivity contribution < 1.29 is 9.47 Å². The zero-order valence-corrected chi connectivity index (χ0v) is 9.19. The molecule has 0 fully saturated rings. The molecular weight excluding hydrogens is 204 g/mol. The largest absolute Gasteiger partial charge is 0.486 e. The van der Waals surface area contributed by atoms with Gasteiger partial charge >= 0.3 is 0 Å². The first kappa shape index (κ1) is 10.8. The molecule has 0 saturated heterocycles. The lowest BCUT2D eigenvalue weighted by Crippen LogP contribution is -2.23. The molecule has 1 unspecified atom stereocenters. The standard InChI is InChI=1S/C12H14N2O2/c1-9(7-13)14-8-10-2-3-11-12(6-10)16-5-4-15-11/h2-3,6,9,14H,4-5,8H2,1H3. The average Bonchev–Trinajstić information content (AvgIpc) is 2.35. The van der Waals surface area contributed by atoms with Crippen LogP contribution in [0.4, 0.5) is 0 Å². The predicted octanol–water partition coefficient (Wildman–Crippen LogP) is 1.46. The molecule has 0 spiro atoms. The van der Waals surface area contributed by atoms with Crippen molar-refractivity contribution in [3.8, 4) is 17.6 Å². The lowest BCUT2D eigenvalue weighted by Gasteiger charge is -2.19. The number of hydrogen-bond acceptors (Lipinski definition) is 4. The molecule has 4 heteroatoms. The first-order valence-electron chi connectivity index (χ1n) is 5.31. The van der Waals surface area contributed by atoms with Crippen LogP contribution >= 0.6 is 0 Å². The van der Waals surface area contributed by atoms with Gasteiger partial charge in [0.05, 0.1) is 12.1 Å². The van der Waals surface area contributed by atoms with E-state index < -0.39 is 0 Å². The summed E-state index contributed by atoms with van der Waals surface area (Å²) in [5, 5.41) is 11.7. The molecule has 0 aromatic heterocycles. The van der Waals surface area contributed by atoms with Crippen molar-refractivity contribution in [2.24, 2.45) is 0 Å². The van der Waals surface area contributed by atoms with E-state index in [2.05, 4.69) is 11.4 Å². The number of nitriles is 1. The Morgan fingerprint density at radius 3 is 2.88 bits per heavy atom. The fourth-order valence-electron chi connectivity index (χ4n) is 1.51. The number of nitrogens with zero attached hydrogens (tertiary/aromatic N) is 1. The minimum Gasteiger partial charge on any atom is -0.486 e. The summed E-state index contributed by atoms with van der Waals surface area (Å²) in [5.41, 5.74) is 1.09. The molecule has 1 N–H and O–H groups in total. The summed E-state index contributed by atoms with van der Waals surface area (Å²) in [6, 6.07) is 7.82. The molecular formula is C12H14N2O2. The van der Waals surface area contributed by atoms with Gasteiger partial charge < -0.3 is 9.47 Å². The van der Waals surface area contributed by atoms with Crippen LogP contribution in [0.5, 0.6) is 11.5 Å². The molecule has 4 nitrogen and oxygen atoms in total. The number of hydrogen-bond donors (Lipinski definition) is 1. The van der Waals surface area contributed by atoms with Crippen LogP contribution in [0.25, 0.3) is 0 Å². The Morgan fingerprint density at radius 2 is 2.12 bits per heavy atom. The van der Waals surface area contributed by atoms with Crippen molar-refractivity contribution in [1.82, 2.24) is 5.32 Å². The van der Waals surface area contributed by atoms with Gasteiger partial charge in [-0.05, 0) is 24.6 Å². The molecule has 2 rings (SSSR count). The van der Waals surface area contributed by atoms with Gasteiger partial charge in [0.15, 0.2) is 11.5 Å². The van der Waals surface area contributed by atoms with Gasteiger partial charge in [0, 0.05) is 6.54 Å². The van der Waals surface area contributed by atoms with E-state index in [1.807, 2.05) is 25.1 Å². The first-order chi connectivity index (χ1) is 7.79. The van der Waals surface area contributed by atoms with Crippen LogP contribution in [0, 0.1) is 11.3 Å². The number of rotatable bonds is 3. The third kappa shape index (κ3) is 2.44. The van der Waals surface area contributed by atoms with E-state index in [1.54, 1.807) is 0 Å². The van der Waals surface area contributed by atoms with Crippen molar-refractivity contribution in [2.75, 3.05) is 13.2 Å². The van der Waals surface area contributed by atoms with E-state index >= 15 is 0 Å². The summed E-state index contributed by atoms with van der Waals surface area (Å²) in [6.45, 7) is 3.69. The number of ether oxygens (including phenoxy) is 2. The van der Waals surface area contributed by atoms with Crippen LogP contribution in [0.1, 0.15) is 12.5 Å². The third-order valence-electron chi connectivity index (χ3n) is 2.41.